The summed E-state index contributed by atoms with van der Waals surface area (Å²) in [6.07, 6.45) is 0. The van der Waals surface area contributed by atoms with Gasteiger partial charge in [-0.3, -0.25) is 0 Å². The second-order valence-electron chi connectivity index (χ2n) is 3.08. The molecule has 0 bridgehead atoms. The molecule has 0 unspecified atom stereocenters. The Bertz CT molecular complexity index is 490. The SMILES string of the molecule is CCOC(=O)c1nc(-c2cccs2)n(C)n1. The molecule has 5 nitrogen and oxygen atoms in total. The number of rotatable bonds is 3. The van der Waals surface area contributed by atoms with Gasteiger partial charge in [-0.05, 0) is 18.4 Å². The third-order valence-corrected chi connectivity index (χ3v) is 2.83. The maximum Gasteiger partial charge on any atom is 0.378 e. The van der Waals surface area contributed by atoms with E-state index in [0.29, 0.717) is 12.4 Å². The highest BCUT2D eigenvalue weighted by atomic mass is 32.1. The van der Waals surface area contributed by atoms with Crippen molar-refractivity contribution >= 4 is 17.3 Å². The molecule has 2 aromatic heterocycles. The number of carbonyl (C=O) groups excluding carboxylic acids is 1. The fourth-order valence-corrected chi connectivity index (χ4v) is 2.03. The predicted octanol–water partition coefficient (Wildman–Crippen LogP) is 1.72. The van der Waals surface area contributed by atoms with Gasteiger partial charge in [0, 0.05) is 7.05 Å². The van der Waals surface area contributed by atoms with Crippen LogP contribution in [0.2, 0.25) is 0 Å². The molecule has 2 aromatic rings. The van der Waals surface area contributed by atoms with Gasteiger partial charge in [0.05, 0.1) is 11.5 Å². The third-order valence-electron chi connectivity index (χ3n) is 1.96. The number of thiophene rings is 1. The molecule has 0 aliphatic heterocycles. The van der Waals surface area contributed by atoms with Gasteiger partial charge in [0.25, 0.3) is 5.82 Å². The van der Waals surface area contributed by atoms with E-state index in [1.807, 2.05) is 17.5 Å². The van der Waals surface area contributed by atoms with Gasteiger partial charge < -0.3 is 4.74 Å². The first-order valence-electron chi connectivity index (χ1n) is 4.84. The van der Waals surface area contributed by atoms with Crippen molar-refractivity contribution in [1.29, 1.82) is 0 Å². The Labute approximate surface area is 96.7 Å². The first-order chi connectivity index (χ1) is 7.72. The van der Waals surface area contributed by atoms with E-state index in [4.69, 9.17) is 4.74 Å². The lowest BCUT2D eigenvalue weighted by Crippen LogP contribution is -2.07. The van der Waals surface area contributed by atoms with Crippen molar-refractivity contribution in [2.45, 2.75) is 6.92 Å². The number of nitrogens with zero attached hydrogens (tertiary/aromatic N) is 3. The highest BCUT2D eigenvalue weighted by Crippen LogP contribution is 2.22. The summed E-state index contributed by atoms with van der Waals surface area (Å²) in [5.74, 6) is 0.298. The van der Waals surface area contributed by atoms with Crippen LogP contribution in [0.5, 0.6) is 0 Å². The molecular formula is C10H11N3O2S. The van der Waals surface area contributed by atoms with Gasteiger partial charge in [0.1, 0.15) is 0 Å². The van der Waals surface area contributed by atoms with E-state index in [9.17, 15) is 4.79 Å². The van der Waals surface area contributed by atoms with Crippen LogP contribution >= 0.6 is 11.3 Å². The number of esters is 1. The van der Waals surface area contributed by atoms with Gasteiger partial charge in [-0.25, -0.2) is 14.5 Å². The van der Waals surface area contributed by atoms with Gasteiger partial charge in [0.15, 0.2) is 5.82 Å². The highest BCUT2D eigenvalue weighted by Gasteiger charge is 2.16. The topological polar surface area (TPSA) is 57.0 Å². The van der Waals surface area contributed by atoms with Crippen molar-refractivity contribution < 1.29 is 9.53 Å². The van der Waals surface area contributed by atoms with Crippen LogP contribution in [-0.2, 0) is 11.8 Å². The lowest BCUT2D eigenvalue weighted by Gasteiger charge is -1.94. The minimum atomic E-state index is -0.485. The molecule has 0 N–H and O–H groups in total. The molecule has 84 valence electrons. The van der Waals surface area contributed by atoms with Gasteiger partial charge >= 0.3 is 5.97 Å². The monoisotopic (exact) mass is 237 g/mol. The van der Waals surface area contributed by atoms with Crippen LogP contribution < -0.4 is 0 Å². The number of hydrogen-bond acceptors (Lipinski definition) is 5. The van der Waals surface area contributed by atoms with Crippen LogP contribution in [0.4, 0.5) is 0 Å². The summed E-state index contributed by atoms with van der Waals surface area (Å²) < 4.78 is 6.42. The molecule has 0 aliphatic carbocycles. The molecule has 16 heavy (non-hydrogen) atoms. The van der Waals surface area contributed by atoms with Crippen LogP contribution in [0.3, 0.4) is 0 Å². The van der Waals surface area contributed by atoms with E-state index < -0.39 is 5.97 Å². The third kappa shape index (κ3) is 1.96. The normalized spacial score (nSPS) is 10.4. The molecule has 0 aromatic carbocycles. The Hall–Kier alpha value is -1.69. The van der Waals surface area contributed by atoms with Crippen molar-refractivity contribution in [2.75, 3.05) is 6.61 Å². The molecule has 0 spiro atoms. The van der Waals surface area contributed by atoms with Crippen LogP contribution in [-0.4, -0.2) is 27.3 Å². The minimum Gasteiger partial charge on any atom is -0.460 e. The molecule has 0 radical (unpaired) electrons. The quantitative estimate of drug-likeness (QED) is 0.763. The maximum absolute atomic E-state index is 11.4. The average molecular weight is 237 g/mol. The first-order valence-corrected chi connectivity index (χ1v) is 5.72. The number of ether oxygens (including phenoxy) is 1. The summed E-state index contributed by atoms with van der Waals surface area (Å²) in [5.41, 5.74) is 0. The zero-order chi connectivity index (χ0) is 11.5. The molecule has 0 saturated carbocycles. The predicted molar refractivity (Wildman–Crippen MR) is 60.3 cm³/mol. The largest absolute Gasteiger partial charge is 0.460 e. The Balaban J connectivity index is 2.32. The number of aromatic nitrogens is 3. The van der Waals surface area contributed by atoms with Crippen molar-refractivity contribution in [3.63, 3.8) is 0 Å². The second kappa shape index (κ2) is 4.44. The molecule has 0 saturated heterocycles. The highest BCUT2D eigenvalue weighted by molar-refractivity contribution is 7.13. The smallest absolute Gasteiger partial charge is 0.378 e. The number of carbonyl (C=O) groups is 1. The summed E-state index contributed by atoms with van der Waals surface area (Å²) in [6, 6.07) is 3.86. The van der Waals surface area contributed by atoms with Crippen LogP contribution in [0.15, 0.2) is 17.5 Å². The number of aryl methyl sites for hydroxylation is 1. The second-order valence-corrected chi connectivity index (χ2v) is 4.03. The van der Waals surface area contributed by atoms with Gasteiger partial charge in [-0.1, -0.05) is 6.07 Å². The summed E-state index contributed by atoms with van der Waals surface area (Å²) in [5, 5.41) is 5.98. The number of hydrogen-bond donors (Lipinski definition) is 0. The fraction of sp³-hybridized carbons (Fsp3) is 0.300. The van der Waals surface area contributed by atoms with Gasteiger partial charge in [-0.2, -0.15) is 0 Å². The van der Waals surface area contributed by atoms with E-state index in [1.165, 1.54) is 0 Å². The fourth-order valence-electron chi connectivity index (χ4n) is 1.29. The average Bonchev–Trinajstić information content (AvgIpc) is 2.86. The molecule has 0 atom stereocenters. The summed E-state index contributed by atoms with van der Waals surface area (Å²) >= 11 is 1.55. The van der Waals surface area contributed by atoms with Crippen molar-refractivity contribution in [3.05, 3.63) is 23.3 Å². The van der Waals surface area contributed by atoms with Crippen LogP contribution in [0.25, 0.3) is 10.7 Å². The molecular weight excluding hydrogens is 226 g/mol. The minimum absolute atomic E-state index is 0.104. The Morgan fingerprint density at radius 1 is 1.62 bits per heavy atom. The summed E-state index contributed by atoms with van der Waals surface area (Å²) in [6.45, 7) is 2.08. The van der Waals surface area contributed by atoms with E-state index in [1.54, 1.807) is 30.0 Å². The molecule has 6 heteroatoms. The lowest BCUT2D eigenvalue weighted by molar-refractivity contribution is 0.0512. The van der Waals surface area contributed by atoms with Crippen molar-refractivity contribution in [3.8, 4) is 10.7 Å². The zero-order valence-corrected chi connectivity index (χ0v) is 9.82. The van der Waals surface area contributed by atoms with Crippen LogP contribution in [0, 0.1) is 0 Å². The van der Waals surface area contributed by atoms with E-state index in [0.717, 1.165) is 4.88 Å². The Morgan fingerprint density at radius 3 is 3.06 bits per heavy atom. The van der Waals surface area contributed by atoms with E-state index in [2.05, 4.69) is 10.1 Å². The Kier molecular flexibility index (Phi) is 3.00. The summed E-state index contributed by atoms with van der Waals surface area (Å²) in [7, 11) is 1.75. The van der Waals surface area contributed by atoms with Crippen LogP contribution in [0.1, 0.15) is 17.5 Å². The zero-order valence-electron chi connectivity index (χ0n) is 9.01. The van der Waals surface area contributed by atoms with Crippen molar-refractivity contribution in [1.82, 2.24) is 14.8 Å². The van der Waals surface area contributed by atoms with Crippen molar-refractivity contribution in [2.24, 2.45) is 7.05 Å². The van der Waals surface area contributed by atoms with Gasteiger partial charge in [-0.15, -0.1) is 16.4 Å². The molecule has 0 aliphatic rings. The van der Waals surface area contributed by atoms with E-state index in [-0.39, 0.29) is 5.82 Å². The van der Waals surface area contributed by atoms with E-state index >= 15 is 0 Å². The molecule has 0 fully saturated rings. The first kappa shape index (κ1) is 10.8. The maximum atomic E-state index is 11.4. The lowest BCUT2D eigenvalue weighted by atomic mass is 10.4. The van der Waals surface area contributed by atoms with Gasteiger partial charge in [0.2, 0.25) is 0 Å². The molecule has 2 heterocycles. The standard InChI is InChI=1S/C10H11N3O2S/c1-3-15-10(14)8-11-9(13(2)12-8)7-5-4-6-16-7/h4-6H,3H2,1-2H3. The Morgan fingerprint density at radius 2 is 2.44 bits per heavy atom. The molecule has 2 rings (SSSR count). The summed E-state index contributed by atoms with van der Waals surface area (Å²) in [4.78, 5) is 16.6. The molecule has 0 amide bonds.